The van der Waals surface area contributed by atoms with Crippen molar-refractivity contribution in [1.82, 2.24) is 4.98 Å². The van der Waals surface area contributed by atoms with Crippen LogP contribution in [-0.4, -0.2) is 29.3 Å². The SMILES string of the molecule is CCN(C(C)=O)c1nc(COC(=O)c2cccc(NC(C)=O)c2)cs1. The van der Waals surface area contributed by atoms with Crippen LogP contribution in [0.3, 0.4) is 0 Å². The smallest absolute Gasteiger partial charge is 0.338 e. The molecule has 0 aliphatic rings. The van der Waals surface area contributed by atoms with Gasteiger partial charge in [-0.05, 0) is 25.1 Å². The molecule has 2 rings (SSSR count). The van der Waals surface area contributed by atoms with Crippen LogP contribution >= 0.6 is 11.3 Å². The summed E-state index contributed by atoms with van der Waals surface area (Å²) in [6, 6.07) is 6.50. The number of ether oxygens (including phenoxy) is 1. The van der Waals surface area contributed by atoms with Crippen molar-refractivity contribution in [3.8, 4) is 0 Å². The van der Waals surface area contributed by atoms with Crippen molar-refractivity contribution in [2.45, 2.75) is 27.4 Å². The third kappa shape index (κ3) is 5.12. The molecule has 1 heterocycles. The molecule has 8 heteroatoms. The van der Waals surface area contributed by atoms with E-state index in [0.29, 0.717) is 28.6 Å². The van der Waals surface area contributed by atoms with Crippen LogP contribution in [0.4, 0.5) is 10.8 Å². The van der Waals surface area contributed by atoms with Crippen LogP contribution in [-0.2, 0) is 20.9 Å². The monoisotopic (exact) mass is 361 g/mol. The van der Waals surface area contributed by atoms with E-state index in [1.807, 2.05) is 6.92 Å². The minimum absolute atomic E-state index is 0.00908. The summed E-state index contributed by atoms with van der Waals surface area (Å²) in [4.78, 5) is 40.6. The van der Waals surface area contributed by atoms with Gasteiger partial charge in [-0.3, -0.25) is 14.5 Å². The highest BCUT2D eigenvalue weighted by molar-refractivity contribution is 7.14. The largest absolute Gasteiger partial charge is 0.456 e. The van der Waals surface area contributed by atoms with Gasteiger partial charge < -0.3 is 10.1 Å². The molecule has 2 aromatic rings. The minimum Gasteiger partial charge on any atom is -0.456 e. The van der Waals surface area contributed by atoms with Crippen molar-refractivity contribution in [3.05, 3.63) is 40.9 Å². The van der Waals surface area contributed by atoms with Gasteiger partial charge in [0.2, 0.25) is 11.8 Å². The van der Waals surface area contributed by atoms with E-state index in [1.165, 1.54) is 25.2 Å². The van der Waals surface area contributed by atoms with E-state index in [9.17, 15) is 14.4 Å². The average molecular weight is 361 g/mol. The Morgan fingerprint density at radius 1 is 1.28 bits per heavy atom. The molecule has 1 aromatic carbocycles. The molecule has 0 aliphatic carbocycles. The van der Waals surface area contributed by atoms with Gasteiger partial charge in [0.1, 0.15) is 6.61 Å². The quantitative estimate of drug-likeness (QED) is 0.799. The predicted molar refractivity (Wildman–Crippen MR) is 95.7 cm³/mol. The number of rotatable bonds is 6. The lowest BCUT2D eigenvalue weighted by molar-refractivity contribution is -0.116. The van der Waals surface area contributed by atoms with Crippen molar-refractivity contribution in [2.24, 2.45) is 0 Å². The van der Waals surface area contributed by atoms with E-state index in [2.05, 4.69) is 10.3 Å². The van der Waals surface area contributed by atoms with Crippen LogP contribution in [0, 0.1) is 0 Å². The van der Waals surface area contributed by atoms with Gasteiger partial charge in [-0.15, -0.1) is 11.3 Å². The molecule has 0 radical (unpaired) electrons. The Hall–Kier alpha value is -2.74. The van der Waals surface area contributed by atoms with Gasteiger partial charge in [0.05, 0.1) is 11.3 Å². The molecule has 1 N–H and O–H groups in total. The van der Waals surface area contributed by atoms with Crippen molar-refractivity contribution < 1.29 is 19.1 Å². The fraction of sp³-hybridized carbons (Fsp3) is 0.294. The number of hydrogen-bond acceptors (Lipinski definition) is 6. The summed E-state index contributed by atoms with van der Waals surface area (Å²) in [7, 11) is 0. The Morgan fingerprint density at radius 3 is 2.68 bits per heavy atom. The van der Waals surface area contributed by atoms with E-state index >= 15 is 0 Å². The van der Waals surface area contributed by atoms with Gasteiger partial charge in [0.15, 0.2) is 5.13 Å². The van der Waals surface area contributed by atoms with Crippen LogP contribution in [0.25, 0.3) is 0 Å². The second-order valence-electron chi connectivity index (χ2n) is 5.22. The molecule has 0 atom stereocenters. The van der Waals surface area contributed by atoms with Crippen molar-refractivity contribution >= 4 is 39.9 Å². The highest BCUT2D eigenvalue weighted by Gasteiger charge is 2.15. The molecular weight excluding hydrogens is 342 g/mol. The maximum Gasteiger partial charge on any atom is 0.338 e. The Morgan fingerprint density at radius 2 is 2.04 bits per heavy atom. The molecule has 0 spiro atoms. The third-order valence-corrected chi connectivity index (χ3v) is 4.15. The number of anilines is 2. The van der Waals surface area contributed by atoms with E-state index in [0.717, 1.165) is 0 Å². The Bertz CT molecular complexity index is 788. The summed E-state index contributed by atoms with van der Waals surface area (Å²) in [5.74, 6) is -0.817. The van der Waals surface area contributed by atoms with E-state index < -0.39 is 5.97 Å². The molecule has 25 heavy (non-hydrogen) atoms. The maximum atomic E-state index is 12.1. The first-order valence-corrected chi connectivity index (χ1v) is 8.56. The number of esters is 1. The summed E-state index contributed by atoms with van der Waals surface area (Å²) in [5.41, 5.74) is 1.43. The van der Waals surface area contributed by atoms with Crippen molar-refractivity contribution in [1.29, 1.82) is 0 Å². The zero-order chi connectivity index (χ0) is 18.4. The molecule has 0 saturated carbocycles. The first-order valence-electron chi connectivity index (χ1n) is 7.68. The van der Waals surface area contributed by atoms with Gasteiger partial charge in [-0.25, -0.2) is 9.78 Å². The fourth-order valence-corrected chi connectivity index (χ4v) is 3.05. The first-order chi connectivity index (χ1) is 11.9. The first kappa shape index (κ1) is 18.6. The number of benzene rings is 1. The minimum atomic E-state index is -0.513. The molecule has 0 saturated heterocycles. The lowest BCUT2D eigenvalue weighted by Crippen LogP contribution is -2.27. The number of carbonyl (C=O) groups is 3. The molecule has 0 bridgehead atoms. The Labute approximate surface area is 149 Å². The normalized spacial score (nSPS) is 10.2. The van der Waals surface area contributed by atoms with Crippen molar-refractivity contribution in [2.75, 3.05) is 16.8 Å². The van der Waals surface area contributed by atoms with Gasteiger partial charge in [0, 0.05) is 31.5 Å². The summed E-state index contributed by atoms with van der Waals surface area (Å²) >= 11 is 1.32. The molecule has 1 aromatic heterocycles. The van der Waals surface area contributed by atoms with Gasteiger partial charge in [-0.1, -0.05) is 6.07 Å². The number of aromatic nitrogens is 1. The van der Waals surface area contributed by atoms with Crippen LogP contribution in [0.15, 0.2) is 29.6 Å². The maximum absolute atomic E-state index is 12.1. The predicted octanol–water partition coefficient (Wildman–Crippen LogP) is 2.83. The summed E-state index contributed by atoms with van der Waals surface area (Å²) < 4.78 is 5.25. The van der Waals surface area contributed by atoms with Gasteiger partial charge in [0.25, 0.3) is 0 Å². The number of nitrogens with zero attached hydrogens (tertiary/aromatic N) is 2. The molecule has 0 aliphatic heterocycles. The second-order valence-corrected chi connectivity index (χ2v) is 6.06. The molecule has 132 valence electrons. The molecular formula is C17H19N3O4S. The third-order valence-electron chi connectivity index (χ3n) is 3.24. The molecule has 2 amide bonds. The summed E-state index contributed by atoms with van der Waals surface area (Å²) in [6.45, 7) is 5.27. The standard InChI is InChI=1S/C17H19N3O4S/c1-4-20(12(3)22)17-19-15(10-25-17)9-24-16(23)13-6-5-7-14(8-13)18-11(2)21/h5-8,10H,4,9H2,1-3H3,(H,18,21). The van der Waals surface area contributed by atoms with E-state index in [1.54, 1.807) is 34.5 Å². The number of hydrogen-bond donors (Lipinski definition) is 1. The molecule has 7 nitrogen and oxygen atoms in total. The van der Waals surface area contributed by atoms with Gasteiger partial charge >= 0.3 is 5.97 Å². The molecule has 0 unspecified atom stereocenters. The highest BCUT2D eigenvalue weighted by Crippen LogP contribution is 2.21. The van der Waals surface area contributed by atoms with Crippen LogP contribution in [0.1, 0.15) is 36.8 Å². The Balaban J connectivity index is 1.99. The lowest BCUT2D eigenvalue weighted by Gasteiger charge is -2.14. The van der Waals surface area contributed by atoms with E-state index in [-0.39, 0.29) is 18.4 Å². The fourth-order valence-electron chi connectivity index (χ4n) is 2.13. The van der Waals surface area contributed by atoms with Gasteiger partial charge in [-0.2, -0.15) is 0 Å². The number of nitrogens with one attached hydrogen (secondary N) is 1. The summed E-state index contributed by atoms with van der Waals surface area (Å²) in [6.07, 6.45) is 0. The lowest BCUT2D eigenvalue weighted by atomic mass is 10.2. The second kappa shape index (κ2) is 8.39. The van der Waals surface area contributed by atoms with Crippen LogP contribution in [0.2, 0.25) is 0 Å². The van der Waals surface area contributed by atoms with Crippen LogP contribution < -0.4 is 10.2 Å². The topological polar surface area (TPSA) is 88.6 Å². The van der Waals surface area contributed by atoms with E-state index in [4.69, 9.17) is 4.74 Å². The number of amides is 2. The van der Waals surface area contributed by atoms with Crippen LogP contribution in [0.5, 0.6) is 0 Å². The summed E-state index contributed by atoms with van der Waals surface area (Å²) in [5, 5.41) is 4.94. The Kier molecular flexibility index (Phi) is 6.24. The highest BCUT2D eigenvalue weighted by atomic mass is 32.1. The zero-order valence-electron chi connectivity index (χ0n) is 14.2. The zero-order valence-corrected chi connectivity index (χ0v) is 15.1. The molecule has 0 fully saturated rings. The van der Waals surface area contributed by atoms with Crippen molar-refractivity contribution in [3.63, 3.8) is 0 Å². The number of carbonyl (C=O) groups excluding carboxylic acids is 3. The average Bonchev–Trinajstić information content (AvgIpc) is 3.01. The number of thiazole rings is 1.